The second-order valence-electron chi connectivity index (χ2n) is 4.04. The third kappa shape index (κ3) is 3.94. The largest absolute Gasteiger partial charge is 0.472 e. The van der Waals surface area contributed by atoms with Gasteiger partial charge in [-0.2, -0.15) is 0 Å². The summed E-state index contributed by atoms with van der Waals surface area (Å²) in [5, 5.41) is 16.5. The lowest BCUT2D eigenvalue weighted by Crippen LogP contribution is -2.41. The van der Waals surface area contributed by atoms with Crippen molar-refractivity contribution in [3.05, 3.63) is 46.5 Å². The Morgan fingerprint density at radius 3 is 2.75 bits per heavy atom. The summed E-state index contributed by atoms with van der Waals surface area (Å²) in [6.07, 6.45) is 1.91. The molecule has 1 atom stereocenters. The highest BCUT2D eigenvalue weighted by atomic mass is 32.1. The van der Waals surface area contributed by atoms with E-state index in [9.17, 15) is 14.7 Å². The van der Waals surface area contributed by atoms with E-state index >= 15 is 0 Å². The van der Waals surface area contributed by atoms with Crippen molar-refractivity contribution in [2.75, 3.05) is 6.54 Å². The van der Waals surface area contributed by atoms with Crippen LogP contribution in [0.1, 0.15) is 16.5 Å². The minimum absolute atomic E-state index is 0.0508. The maximum atomic E-state index is 11.5. The Morgan fingerprint density at radius 2 is 2.10 bits per heavy atom. The number of thiophene rings is 1. The van der Waals surface area contributed by atoms with Gasteiger partial charge in [-0.15, -0.1) is 11.3 Å². The second-order valence-corrected chi connectivity index (χ2v) is 5.08. The average Bonchev–Trinajstić information content (AvgIpc) is 3.13. The van der Waals surface area contributed by atoms with Gasteiger partial charge in [0.1, 0.15) is 0 Å². The molecule has 0 spiro atoms. The van der Waals surface area contributed by atoms with E-state index in [0.29, 0.717) is 12.1 Å². The third-order valence-corrected chi connectivity index (χ3v) is 3.47. The molecule has 0 saturated heterocycles. The molecule has 2 aromatic heterocycles. The topological polar surface area (TPSA) is 91.6 Å². The van der Waals surface area contributed by atoms with E-state index in [1.54, 1.807) is 6.07 Å². The van der Waals surface area contributed by atoms with Gasteiger partial charge in [0.15, 0.2) is 0 Å². The molecule has 3 N–H and O–H groups in total. The molecule has 2 heterocycles. The third-order valence-electron chi connectivity index (χ3n) is 2.59. The fourth-order valence-electron chi connectivity index (χ4n) is 1.51. The number of nitrogens with one attached hydrogen (secondary N) is 2. The molecule has 20 heavy (non-hydrogen) atoms. The summed E-state index contributed by atoms with van der Waals surface area (Å²) in [5.41, 5.74) is 0.546. The Morgan fingerprint density at radius 1 is 1.30 bits per heavy atom. The van der Waals surface area contributed by atoms with Crippen LogP contribution in [0.15, 0.2) is 40.5 Å². The molecule has 106 valence electrons. The predicted octanol–water partition coefficient (Wildman–Crippen LogP) is 0.807. The van der Waals surface area contributed by atoms with Gasteiger partial charge in [-0.05, 0) is 17.5 Å². The first-order valence-electron chi connectivity index (χ1n) is 5.95. The zero-order chi connectivity index (χ0) is 14.4. The van der Waals surface area contributed by atoms with Gasteiger partial charge in [0.25, 0.3) is 0 Å². The van der Waals surface area contributed by atoms with E-state index in [2.05, 4.69) is 10.6 Å². The molecule has 0 saturated carbocycles. The SMILES string of the molecule is O=C(NCc1cccs1)C(=O)NC[C@H](O)c1ccoc1. The minimum Gasteiger partial charge on any atom is -0.472 e. The Hall–Kier alpha value is -2.12. The lowest BCUT2D eigenvalue weighted by Gasteiger charge is -2.09. The molecule has 2 amide bonds. The van der Waals surface area contributed by atoms with Gasteiger partial charge >= 0.3 is 11.8 Å². The normalized spacial score (nSPS) is 11.8. The van der Waals surface area contributed by atoms with Crippen molar-refractivity contribution < 1.29 is 19.1 Å². The quantitative estimate of drug-likeness (QED) is 0.712. The van der Waals surface area contributed by atoms with Gasteiger partial charge in [-0.1, -0.05) is 6.07 Å². The number of rotatable bonds is 5. The molecule has 0 bridgehead atoms. The van der Waals surface area contributed by atoms with Crippen LogP contribution >= 0.6 is 11.3 Å². The van der Waals surface area contributed by atoms with E-state index in [1.165, 1.54) is 23.9 Å². The molecule has 2 aromatic rings. The molecular formula is C13H14N2O4S. The maximum absolute atomic E-state index is 11.5. The smallest absolute Gasteiger partial charge is 0.309 e. The van der Waals surface area contributed by atoms with Crippen molar-refractivity contribution in [2.45, 2.75) is 12.6 Å². The lowest BCUT2D eigenvalue weighted by molar-refractivity contribution is -0.139. The average molecular weight is 294 g/mol. The number of carbonyl (C=O) groups is 2. The summed E-state index contributed by atoms with van der Waals surface area (Å²) in [6.45, 7) is 0.263. The Labute approximate surface area is 119 Å². The van der Waals surface area contributed by atoms with Crippen molar-refractivity contribution in [3.8, 4) is 0 Å². The molecular weight excluding hydrogens is 280 g/mol. The van der Waals surface area contributed by atoms with Crippen LogP contribution < -0.4 is 10.6 Å². The van der Waals surface area contributed by atoms with E-state index < -0.39 is 17.9 Å². The van der Waals surface area contributed by atoms with E-state index in [1.807, 2.05) is 17.5 Å². The Bertz CT molecular complexity index is 551. The van der Waals surface area contributed by atoms with E-state index in [4.69, 9.17) is 4.42 Å². The summed E-state index contributed by atoms with van der Waals surface area (Å²) in [5.74, 6) is -1.50. The molecule has 0 aliphatic carbocycles. The first kappa shape index (κ1) is 14.3. The Kier molecular flexibility index (Phi) is 4.91. The fourth-order valence-corrected chi connectivity index (χ4v) is 2.16. The van der Waals surface area contributed by atoms with Crippen molar-refractivity contribution in [3.63, 3.8) is 0 Å². The van der Waals surface area contributed by atoms with Gasteiger partial charge in [0.05, 0.1) is 25.2 Å². The molecule has 0 unspecified atom stereocenters. The summed E-state index contributed by atoms with van der Waals surface area (Å²) in [7, 11) is 0. The zero-order valence-electron chi connectivity index (χ0n) is 10.5. The highest BCUT2D eigenvalue weighted by Crippen LogP contribution is 2.11. The molecule has 6 nitrogen and oxygen atoms in total. The van der Waals surface area contributed by atoms with Crippen LogP contribution in [0.25, 0.3) is 0 Å². The van der Waals surface area contributed by atoms with Crippen molar-refractivity contribution in [1.82, 2.24) is 10.6 Å². The standard InChI is InChI=1S/C13H14N2O4S/c16-11(9-3-4-19-8-9)7-15-13(18)12(17)14-6-10-2-1-5-20-10/h1-5,8,11,16H,6-7H2,(H,14,17)(H,15,18)/t11-/m0/s1. The molecule has 0 fully saturated rings. The van der Waals surface area contributed by atoms with Crippen molar-refractivity contribution >= 4 is 23.2 Å². The van der Waals surface area contributed by atoms with Crippen LogP contribution in [0.5, 0.6) is 0 Å². The van der Waals surface area contributed by atoms with Crippen LogP contribution in [0, 0.1) is 0 Å². The maximum Gasteiger partial charge on any atom is 0.309 e. The lowest BCUT2D eigenvalue weighted by atomic mass is 10.2. The summed E-state index contributed by atoms with van der Waals surface area (Å²) in [4.78, 5) is 24.0. The van der Waals surface area contributed by atoms with Gasteiger partial charge in [-0.3, -0.25) is 9.59 Å². The first-order chi connectivity index (χ1) is 9.66. The number of hydrogen-bond acceptors (Lipinski definition) is 5. The predicted molar refractivity (Wildman–Crippen MR) is 72.8 cm³/mol. The molecule has 0 radical (unpaired) electrons. The summed E-state index contributed by atoms with van der Waals surface area (Å²) >= 11 is 1.50. The zero-order valence-corrected chi connectivity index (χ0v) is 11.4. The summed E-state index contributed by atoms with van der Waals surface area (Å²) in [6, 6.07) is 5.33. The van der Waals surface area contributed by atoms with E-state index in [0.717, 1.165) is 4.88 Å². The van der Waals surface area contributed by atoms with Gasteiger partial charge < -0.3 is 20.2 Å². The molecule has 0 aliphatic rings. The van der Waals surface area contributed by atoms with Crippen molar-refractivity contribution in [2.24, 2.45) is 0 Å². The number of furan rings is 1. The molecule has 2 rings (SSSR count). The molecule has 0 aliphatic heterocycles. The number of amides is 2. The van der Waals surface area contributed by atoms with Crippen LogP contribution in [0.3, 0.4) is 0 Å². The Balaban J connectivity index is 1.72. The minimum atomic E-state index is -0.900. The van der Waals surface area contributed by atoms with Crippen LogP contribution in [0.4, 0.5) is 0 Å². The number of hydrogen-bond donors (Lipinski definition) is 3. The number of aliphatic hydroxyl groups is 1. The monoisotopic (exact) mass is 294 g/mol. The van der Waals surface area contributed by atoms with Crippen LogP contribution in [0.2, 0.25) is 0 Å². The second kappa shape index (κ2) is 6.88. The highest BCUT2D eigenvalue weighted by Gasteiger charge is 2.16. The van der Waals surface area contributed by atoms with Gasteiger partial charge in [-0.25, -0.2) is 0 Å². The fraction of sp³-hybridized carbons (Fsp3) is 0.231. The molecule has 7 heteroatoms. The van der Waals surface area contributed by atoms with Gasteiger partial charge in [0, 0.05) is 17.0 Å². The van der Waals surface area contributed by atoms with Gasteiger partial charge in [0.2, 0.25) is 0 Å². The highest BCUT2D eigenvalue weighted by molar-refractivity contribution is 7.09. The van der Waals surface area contributed by atoms with Crippen molar-refractivity contribution in [1.29, 1.82) is 0 Å². The van der Waals surface area contributed by atoms with E-state index in [-0.39, 0.29) is 6.54 Å². The number of carbonyl (C=O) groups excluding carboxylic acids is 2. The van der Waals surface area contributed by atoms with Crippen LogP contribution in [-0.2, 0) is 16.1 Å². The number of aliphatic hydroxyl groups excluding tert-OH is 1. The summed E-state index contributed by atoms with van der Waals surface area (Å²) < 4.78 is 4.82. The first-order valence-corrected chi connectivity index (χ1v) is 6.83. The molecule has 0 aromatic carbocycles. The van der Waals surface area contributed by atoms with Crippen LogP contribution in [-0.4, -0.2) is 23.5 Å².